The third-order valence-corrected chi connectivity index (χ3v) is 6.99. The molecule has 0 saturated carbocycles. The fraction of sp³-hybridized carbons (Fsp3) is 0.0909. The largest absolute Gasteiger partial charge is 0.507 e. The number of primary sulfonamides is 1. The standard InChI is InChI=1S/C22H17FN2O5S2/c1-12-11-13(4-9-16(12)23)20(26)18-19(17-3-2-10-31-17)25(22(28)21(18)27)14-5-7-15(8-6-14)32(24,29)30/h2-11,19,26H,1H3,(H2,24,29,30)/b20-18-. The van der Waals surface area contributed by atoms with E-state index < -0.39 is 39.3 Å². The first-order valence-corrected chi connectivity index (χ1v) is 11.8. The summed E-state index contributed by atoms with van der Waals surface area (Å²) < 4.78 is 36.8. The van der Waals surface area contributed by atoms with E-state index in [1.165, 1.54) is 65.6 Å². The monoisotopic (exact) mass is 472 g/mol. The van der Waals surface area contributed by atoms with Crippen LogP contribution in [0.5, 0.6) is 0 Å². The zero-order valence-electron chi connectivity index (χ0n) is 16.7. The smallest absolute Gasteiger partial charge is 0.300 e. The summed E-state index contributed by atoms with van der Waals surface area (Å²) in [4.78, 5) is 27.6. The number of carbonyl (C=O) groups excluding carboxylic acids is 2. The number of aliphatic hydroxyl groups is 1. The van der Waals surface area contributed by atoms with E-state index in [0.29, 0.717) is 4.88 Å². The Morgan fingerprint density at radius 1 is 1.12 bits per heavy atom. The highest BCUT2D eigenvalue weighted by atomic mass is 32.2. The van der Waals surface area contributed by atoms with Crippen LogP contribution in [-0.2, 0) is 19.6 Å². The van der Waals surface area contributed by atoms with Crippen molar-refractivity contribution in [3.05, 3.63) is 87.4 Å². The maximum atomic E-state index is 13.7. The summed E-state index contributed by atoms with van der Waals surface area (Å²) in [6.45, 7) is 1.52. The number of ketones is 1. The van der Waals surface area contributed by atoms with Crippen LogP contribution in [0.15, 0.2) is 70.4 Å². The minimum atomic E-state index is -3.94. The van der Waals surface area contributed by atoms with Crippen molar-refractivity contribution < 1.29 is 27.5 Å². The molecule has 3 N–H and O–H groups in total. The first-order valence-electron chi connectivity index (χ1n) is 9.33. The van der Waals surface area contributed by atoms with Gasteiger partial charge in [0.1, 0.15) is 17.6 Å². The summed E-state index contributed by atoms with van der Waals surface area (Å²) in [6.07, 6.45) is 0. The van der Waals surface area contributed by atoms with E-state index in [1.54, 1.807) is 17.5 Å². The zero-order valence-corrected chi connectivity index (χ0v) is 18.3. The Bertz CT molecular complexity index is 1360. The van der Waals surface area contributed by atoms with Crippen molar-refractivity contribution in [3.8, 4) is 0 Å². The fourth-order valence-electron chi connectivity index (χ4n) is 3.56. The quantitative estimate of drug-likeness (QED) is 0.343. The van der Waals surface area contributed by atoms with Crippen LogP contribution in [0.25, 0.3) is 5.76 Å². The molecule has 1 aliphatic rings. The number of hydrogen-bond donors (Lipinski definition) is 2. The first kappa shape index (κ1) is 21.9. The Morgan fingerprint density at radius 2 is 1.81 bits per heavy atom. The third-order valence-electron chi connectivity index (χ3n) is 5.13. The van der Waals surface area contributed by atoms with Crippen molar-refractivity contribution in [2.24, 2.45) is 5.14 Å². The molecule has 2 heterocycles. The molecule has 1 amide bonds. The molecule has 7 nitrogen and oxygen atoms in total. The average molecular weight is 473 g/mol. The molecule has 0 spiro atoms. The molecule has 0 aliphatic carbocycles. The van der Waals surface area contributed by atoms with Crippen molar-refractivity contribution in [2.75, 3.05) is 4.90 Å². The molecule has 3 aromatic rings. The van der Waals surface area contributed by atoms with Crippen LogP contribution in [-0.4, -0.2) is 25.2 Å². The van der Waals surface area contributed by atoms with Gasteiger partial charge in [0.05, 0.1) is 10.5 Å². The lowest BCUT2D eigenvalue weighted by atomic mass is 9.99. The maximum absolute atomic E-state index is 13.7. The highest BCUT2D eigenvalue weighted by molar-refractivity contribution is 7.89. The van der Waals surface area contributed by atoms with Gasteiger partial charge in [-0.15, -0.1) is 11.3 Å². The van der Waals surface area contributed by atoms with Gasteiger partial charge in [0.25, 0.3) is 11.7 Å². The third kappa shape index (κ3) is 3.72. The highest BCUT2D eigenvalue weighted by Crippen LogP contribution is 2.43. The van der Waals surface area contributed by atoms with Crippen molar-refractivity contribution in [1.82, 2.24) is 0 Å². The molecule has 10 heteroatoms. The van der Waals surface area contributed by atoms with Gasteiger partial charge in [0.2, 0.25) is 10.0 Å². The van der Waals surface area contributed by atoms with E-state index in [1.807, 2.05) is 0 Å². The highest BCUT2D eigenvalue weighted by Gasteiger charge is 2.47. The molecule has 0 radical (unpaired) electrons. The van der Waals surface area contributed by atoms with Gasteiger partial charge in [-0.3, -0.25) is 14.5 Å². The number of amides is 1. The molecule has 1 fully saturated rings. The summed E-state index contributed by atoms with van der Waals surface area (Å²) in [6, 6.07) is 11.6. The van der Waals surface area contributed by atoms with Gasteiger partial charge >= 0.3 is 0 Å². The number of aryl methyl sites for hydroxylation is 1. The Balaban J connectivity index is 1.89. The maximum Gasteiger partial charge on any atom is 0.300 e. The van der Waals surface area contributed by atoms with Gasteiger partial charge in [-0.05, 0) is 66.4 Å². The molecule has 1 saturated heterocycles. The number of carbonyl (C=O) groups is 2. The summed E-state index contributed by atoms with van der Waals surface area (Å²) in [5, 5.41) is 17.9. The normalized spacial score (nSPS) is 18.3. The molecule has 0 bridgehead atoms. The second-order valence-corrected chi connectivity index (χ2v) is 9.73. The molecular formula is C22H17FN2O5S2. The average Bonchev–Trinajstić information content (AvgIpc) is 3.36. The molecule has 32 heavy (non-hydrogen) atoms. The number of Topliss-reactive ketones (excluding diaryl/α,β-unsaturated/α-hetero) is 1. The van der Waals surface area contributed by atoms with E-state index in [-0.39, 0.29) is 27.3 Å². The van der Waals surface area contributed by atoms with E-state index in [2.05, 4.69) is 0 Å². The van der Waals surface area contributed by atoms with Crippen molar-refractivity contribution in [1.29, 1.82) is 0 Å². The molecule has 2 aromatic carbocycles. The summed E-state index contributed by atoms with van der Waals surface area (Å²) in [5.74, 6) is -2.68. The first-order chi connectivity index (χ1) is 15.1. The lowest BCUT2D eigenvalue weighted by molar-refractivity contribution is -0.132. The van der Waals surface area contributed by atoms with Crippen molar-refractivity contribution >= 4 is 44.5 Å². The second kappa shape index (κ2) is 7.97. The van der Waals surface area contributed by atoms with E-state index in [0.717, 1.165) is 0 Å². The van der Waals surface area contributed by atoms with Crippen molar-refractivity contribution in [3.63, 3.8) is 0 Å². The number of aliphatic hydroxyl groups excluding tert-OH is 1. The van der Waals surface area contributed by atoms with Crippen LogP contribution in [0.4, 0.5) is 10.1 Å². The molecule has 1 atom stereocenters. The second-order valence-electron chi connectivity index (χ2n) is 7.19. The Morgan fingerprint density at radius 3 is 2.38 bits per heavy atom. The zero-order chi connectivity index (χ0) is 23.2. The van der Waals surface area contributed by atoms with E-state index in [9.17, 15) is 27.5 Å². The Kier molecular flexibility index (Phi) is 5.45. The number of thiophene rings is 1. The molecule has 4 rings (SSSR count). The minimum absolute atomic E-state index is 0.140. The number of anilines is 1. The molecule has 1 aliphatic heterocycles. The number of benzene rings is 2. The van der Waals surface area contributed by atoms with E-state index >= 15 is 0 Å². The van der Waals surface area contributed by atoms with Crippen LogP contribution in [0, 0.1) is 12.7 Å². The van der Waals surface area contributed by atoms with Crippen LogP contribution in [0.3, 0.4) is 0 Å². The van der Waals surface area contributed by atoms with Gasteiger partial charge in [0.15, 0.2) is 0 Å². The Labute approximate surface area is 187 Å². The summed E-state index contributed by atoms with van der Waals surface area (Å²) in [5.41, 5.74) is 0.591. The van der Waals surface area contributed by atoms with Crippen LogP contribution in [0.1, 0.15) is 22.0 Å². The van der Waals surface area contributed by atoms with E-state index in [4.69, 9.17) is 5.14 Å². The predicted octanol–water partition coefficient (Wildman–Crippen LogP) is 3.47. The number of halogens is 1. The van der Waals surface area contributed by atoms with Gasteiger partial charge in [-0.2, -0.15) is 0 Å². The number of rotatable bonds is 4. The lowest BCUT2D eigenvalue weighted by Gasteiger charge is -2.24. The van der Waals surface area contributed by atoms with Crippen molar-refractivity contribution in [2.45, 2.75) is 17.9 Å². The number of nitrogens with two attached hydrogens (primary N) is 1. The number of nitrogens with zero attached hydrogens (tertiary/aromatic N) is 1. The molecule has 1 unspecified atom stereocenters. The van der Waals surface area contributed by atoms with Crippen LogP contribution < -0.4 is 10.0 Å². The van der Waals surface area contributed by atoms with Crippen LogP contribution in [0.2, 0.25) is 0 Å². The van der Waals surface area contributed by atoms with Crippen LogP contribution >= 0.6 is 11.3 Å². The minimum Gasteiger partial charge on any atom is -0.507 e. The van der Waals surface area contributed by atoms with Gasteiger partial charge in [-0.1, -0.05) is 6.07 Å². The molecule has 1 aromatic heterocycles. The van der Waals surface area contributed by atoms with Gasteiger partial charge < -0.3 is 5.11 Å². The number of sulfonamides is 1. The Hall–Kier alpha value is -3.34. The summed E-state index contributed by atoms with van der Waals surface area (Å²) in [7, 11) is -3.94. The summed E-state index contributed by atoms with van der Waals surface area (Å²) >= 11 is 1.28. The fourth-order valence-corrected chi connectivity index (χ4v) is 4.90. The molecule has 164 valence electrons. The van der Waals surface area contributed by atoms with Gasteiger partial charge in [-0.25, -0.2) is 17.9 Å². The number of hydrogen-bond acceptors (Lipinski definition) is 6. The predicted molar refractivity (Wildman–Crippen MR) is 118 cm³/mol. The topological polar surface area (TPSA) is 118 Å². The SMILES string of the molecule is Cc1cc(/C(O)=C2/C(=O)C(=O)N(c3ccc(S(N)(=O)=O)cc3)C2c2cccs2)ccc1F. The molecular weight excluding hydrogens is 455 g/mol. The van der Waals surface area contributed by atoms with Gasteiger partial charge in [0, 0.05) is 16.1 Å². The lowest BCUT2D eigenvalue weighted by Crippen LogP contribution is -2.29.